The highest BCUT2D eigenvalue weighted by Gasteiger charge is 2.88. The van der Waals surface area contributed by atoms with E-state index in [-0.39, 0.29) is 23.9 Å². The highest BCUT2D eigenvalue weighted by Crippen LogP contribution is 2.87. The van der Waals surface area contributed by atoms with Gasteiger partial charge in [-0.15, -0.1) is 0 Å². The van der Waals surface area contributed by atoms with Gasteiger partial charge in [0.2, 0.25) is 0 Å². The van der Waals surface area contributed by atoms with Gasteiger partial charge in [0.05, 0.1) is 18.6 Å². The summed E-state index contributed by atoms with van der Waals surface area (Å²) in [5.74, 6) is 3.70. The fourth-order valence-corrected chi connectivity index (χ4v) is 4.21. The van der Waals surface area contributed by atoms with Crippen LogP contribution in [0.1, 0.15) is 6.92 Å². The van der Waals surface area contributed by atoms with E-state index < -0.39 is 0 Å². The normalized spacial score (nSPS) is 65.0. The van der Waals surface area contributed by atoms with E-state index in [9.17, 15) is 9.90 Å². The number of hydrogen-bond donors (Lipinski definition) is 1. The zero-order valence-electron chi connectivity index (χ0n) is 8.09. The lowest BCUT2D eigenvalue weighted by molar-refractivity contribution is -0.145. The summed E-state index contributed by atoms with van der Waals surface area (Å²) in [6, 6.07) is 0. The number of aliphatic hydroxyl groups is 1. The fraction of sp³-hybridized carbons (Fsp3) is 0.909. The molecule has 0 aromatic rings. The fourth-order valence-electron chi connectivity index (χ4n) is 4.21. The number of esters is 1. The third-order valence-corrected chi connectivity index (χ3v) is 4.87. The van der Waals surface area contributed by atoms with E-state index in [1.54, 1.807) is 0 Å². The maximum atomic E-state index is 11.6. The number of aliphatic hydroxyl groups excluding tert-OH is 1. The van der Waals surface area contributed by atoms with E-state index in [4.69, 9.17) is 4.74 Å². The summed E-state index contributed by atoms with van der Waals surface area (Å²) in [4.78, 5) is 11.6. The van der Waals surface area contributed by atoms with E-state index in [0.717, 1.165) is 17.8 Å². The first kappa shape index (κ1) is 7.69. The van der Waals surface area contributed by atoms with Gasteiger partial charge in [-0.05, 0) is 36.5 Å². The van der Waals surface area contributed by atoms with Crippen molar-refractivity contribution in [3.8, 4) is 0 Å². The van der Waals surface area contributed by atoms with Gasteiger partial charge in [-0.1, -0.05) is 0 Å². The molecule has 0 amide bonds. The Morgan fingerprint density at radius 2 is 1.79 bits per heavy atom. The minimum atomic E-state index is -0.186. The topological polar surface area (TPSA) is 46.5 Å². The molecule has 0 aliphatic heterocycles. The molecule has 0 aromatic heterocycles. The molecule has 4 aliphatic rings. The molecular weight excluding hydrogens is 180 g/mol. The van der Waals surface area contributed by atoms with Gasteiger partial charge in [-0.3, -0.25) is 4.79 Å². The maximum Gasteiger partial charge on any atom is 0.309 e. The first-order chi connectivity index (χ1) is 6.77. The Balaban J connectivity index is 1.54. The van der Waals surface area contributed by atoms with Crippen molar-refractivity contribution < 1.29 is 14.6 Å². The lowest BCUT2D eigenvalue weighted by atomic mass is 9.86. The summed E-state index contributed by atoms with van der Waals surface area (Å²) in [6.45, 7) is 2.30. The van der Waals surface area contributed by atoms with Crippen molar-refractivity contribution in [1.82, 2.24) is 0 Å². The first-order valence-corrected chi connectivity index (χ1v) is 5.62. The summed E-state index contributed by atoms with van der Waals surface area (Å²) in [5, 5.41) is 9.93. The molecule has 0 saturated heterocycles. The molecule has 4 rings (SSSR count). The molecule has 4 saturated carbocycles. The minimum absolute atomic E-state index is 0.0509. The zero-order valence-corrected chi connectivity index (χ0v) is 8.09. The minimum Gasteiger partial charge on any atom is -0.466 e. The molecule has 0 spiro atoms. The van der Waals surface area contributed by atoms with E-state index >= 15 is 0 Å². The molecule has 4 aliphatic carbocycles. The SMILES string of the molecule is CCOC(=O)[C@@H]1[C@H]2C3C4C3C4[C@@H](O)[C@@H]12. The number of rotatable bonds is 2. The molecular formula is C11H14O3. The first-order valence-electron chi connectivity index (χ1n) is 5.62. The lowest BCUT2D eigenvalue weighted by Gasteiger charge is -2.23. The summed E-state index contributed by atoms with van der Waals surface area (Å²) < 4.78 is 5.03. The molecule has 76 valence electrons. The van der Waals surface area contributed by atoms with Crippen molar-refractivity contribution in [2.24, 2.45) is 41.4 Å². The van der Waals surface area contributed by atoms with Crippen LogP contribution in [0.2, 0.25) is 0 Å². The predicted octanol–water partition coefficient (Wildman–Crippen LogP) is 0.278. The Morgan fingerprint density at radius 3 is 2.43 bits per heavy atom. The average Bonchev–Trinajstić information content (AvgIpc) is 2.99. The Bertz CT molecular complexity index is 312. The molecule has 0 radical (unpaired) electrons. The Kier molecular flexibility index (Phi) is 1.10. The van der Waals surface area contributed by atoms with Crippen molar-refractivity contribution in [3.63, 3.8) is 0 Å². The van der Waals surface area contributed by atoms with Crippen LogP contribution in [-0.4, -0.2) is 23.8 Å². The van der Waals surface area contributed by atoms with Crippen LogP contribution in [0.4, 0.5) is 0 Å². The van der Waals surface area contributed by atoms with Gasteiger partial charge >= 0.3 is 5.97 Å². The summed E-state index contributed by atoms with van der Waals surface area (Å²) in [7, 11) is 0. The third kappa shape index (κ3) is 0.630. The van der Waals surface area contributed by atoms with E-state index in [1.807, 2.05) is 6.92 Å². The number of fused-ring (bicyclic) bond motifs is 4. The van der Waals surface area contributed by atoms with Gasteiger partial charge in [-0.25, -0.2) is 0 Å². The summed E-state index contributed by atoms with van der Waals surface area (Å²) in [6.07, 6.45) is -0.186. The van der Waals surface area contributed by atoms with Crippen LogP contribution >= 0.6 is 0 Å². The van der Waals surface area contributed by atoms with E-state index in [1.165, 1.54) is 0 Å². The molecule has 0 bridgehead atoms. The highest BCUT2D eigenvalue weighted by molar-refractivity contribution is 5.77. The Morgan fingerprint density at radius 1 is 1.14 bits per heavy atom. The monoisotopic (exact) mass is 194 g/mol. The highest BCUT2D eigenvalue weighted by atomic mass is 16.5. The average molecular weight is 194 g/mol. The second kappa shape index (κ2) is 2.01. The van der Waals surface area contributed by atoms with Gasteiger partial charge in [0.1, 0.15) is 0 Å². The standard InChI is InChI=1S/C11H14O3/c1-2-14-11(13)9-6-3-4-5(3)7(4)10(12)8(6)9/h3-10,12H,2H2,1H3/t3?,4?,5?,6-,7?,8+,9+,10+/m0/s1. The zero-order chi connectivity index (χ0) is 9.61. The maximum absolute atomic E-state index is 11.6. The summed E-state index contributed by atoms with van der Waals surface area (Å²) >= 11 is 0. The van der Waals surface area contributed by atoms with Gasteiger partial charge < -0.3 is 9.84 Å². The molecule has 3 nitrogen and oxygen atoms in total. The molecule has 3 heteroatoms. The van der Waals surface area contributed by atoms with Crippen molar-refractivity contribution in [2.75, 3.05) is 6.61 Å². The molecule has 6 atom stereocenters. The lowest BCUT2D eigenvalue weighted by Crippen LogP contribution is -2.27. The smallest absolute Gasteiger partial charge is 0.309 e. The van der Waals surface area contributed by atoms with Crippen LogP contribution in [0, 0.1) is 41.4 Å². The molecule has 4 fully saturated rings. The van der Waals surface area contributed by atoms with E-state index in [2.05, 4.69) is 0 Å². The van der Waals surface area contributed by atoms with Crippen LogP contribution in [0.15, 0.2) is 0 Å². The molecule has 14 heavy (non-hydrogen) atoms. The van der Waals surface area contributed by atoms with Gasteiger partial charge in [-0.2, -0.15) is 0 Å². The number of carbonyl (C=O) groups excluding carboxylic acids is 1. The van der Waals surface area contributed by atoms with Crippen LogP contribution < -0.4 is 0 Å². The van der Waals surface area contributed by atoms with Crippen LogP contribution in [0.25, 0.3) is 0 Å². The van der Waals surface area contributed by atoms with E-state index in [0.29, 0.717) is 18.4 Å². The third-order valence-electron chi connectivity index (χ3n) is 4.87. The van der Waals surface area contributed by atoms with Crippen molar-refractivity contribution in [2.45, 2.75) is 13.0 Å². The van der Waals surface area contributed by atoms with Gasteiger partial charge in [0.15, 0.2) is 0 Å². The quantitative estimate of drug-likeness (QED) is 0.642. The molecule has 2 unspecified atom stereocenters. The largest absolute Gasteiger partial charge is 0.466 e. The van der Waals surface area contributed by atoms with Crippen molar-refractivity contribution >= 4 is 5.97 Å². The van der Waals surface area contributed by atoms with Crippen LogP contribution in [0.3, 0.4) is 0 Å². The number of ether oxygens (including phenoxy) is 1. The summed E-state index contributed by atoms with van der Waals surface area (Å²) in [5.41, 5.74) is 0. The molecule has 1 N–H and O–H groups in total. The van der Waals surface area contributed by atoms with Gasteiger partial charge in [0.25, 0.3) is 0 Å². The molecule has 0 aromatic carbocycles. The Labute approximate surface area is 82.4 Å². The number of carbonyl (C=O) groups is 1. The van der Waals surface area contributed by atoms with Gasteiger partial charge in [0, 0.05) is 5.92 Å². The predicted molar refractivity (Wildman–Crippen MR) is 47.1 cm³/mol. The van der Waals surface area contributed by atoms with Crippen LogP contribution in [-0.2, 0) is 9.53 Å². The van der Waals surface area contributed by atoms with Crippen molar-refractivity contribution in [3.05, 3.63) is 0 Å². The second-order valence-electron chi connectivity index (χ2n) is 5.23. The Hall–Kier alpha value is -0.570. The van der Waals surface area contributed by atoms with Crippen LogP contribution in [0.5, 0.6) is 0 Å². The molecule has 0 heterocycles. The van der Waals surface area contributed by atoms with Crippen molar-refractivity contribution in [1.29, 1.82) is 0 Å². The second-order valence-corrected chi connectivity index (χ2v) is 5.23. The number of hydrogen-bond acceptors (Lipinski definition) is 3.